The highest BCUT2D eigenvalue weighted by atomic mass is 79.9. The maximum atomic E-state index is 12.0. The monoisotopic (exact) mass is 345 g/mol. The Morgan fingerprint density at radius 1 is 1.43 bits per heavy atom. The summed E-state index contributed by atoms with van der Waals surface area (Å²) in [4.78, 5) is 20.5. The van der Waals surface area contributed by atoms with E-state index in [9.17, 15) is 4.79 Å². The van der Waals surface area contributed by atoms with Gasteiger partial charge in [0.2, 0.25) is 5.91 Å². The van der Waals surface area contributed by atoms with Crippen LogP contribution < -0.4 is 5.32 Å². The molecule has 21 heavy (non-hydrogen) atoms. The number of hydrogen-bond donors (Lipinski definition) is 2. The van der Waals surface area contributed by atoms with E-state index in [4.69, 9.17) is 5.11 Å². The van der Waals surface area contributed by atoms with Crippen molar-refractivity contribution in [1.29, 1.82) is 0 Å². The number of fused-ring (bicyclic) bond motifs is 1. The first-order valence-electron chi connectivity index (χ1n) is 6.37. The van der Waals surface area contributed by atoms with Crippen molar-refractivity contribution in [2.24, 2.45) is 4.99 Å². The second-order valence-corrected chi connectivity index (χ2v) is 5.58. The van der Waals surface area contributed by atoms with Gasteiger partial charge in [0.25, 0.3) is 0 Å². The molecular weight excluding hydrogens is 334 g/mol. The van der Waals surface area contributed by atoms with Crippen LogP contribution in [0.4, 0.5) is 11.5 Å². The predicted molar refractivity (Wildman–Crippen MR) is 83.8 cm³/mol. The van der Waals surface area contributed by atoms with Crippen LogP contribution in [0.3, 0.4) is 0 Å². The number of carbonyl (C=O) groups excluding carboxylic acids is 1. The highest BCUT2D eigenvalue weighted by Gasteiger charge is 2.30. The lowest BCUT2D eigenvalue weighted by molar-refractivity contribution is -0.115. The minimum atomic E-state index is -0.456. The van der Waals surface area contributed by atoms with Crippen molar-refractivity contribution in [3.63, 3.8) is 0 Å². The van der Waals surface area contributed by atoms with Crippen LogP contribution in [0.5, 0.6) is 0 Å². The second-order valence-electron chi connectivity index (χ2n) is 4.66. The number of anilines is 1. The Balaban J connectivity index is 1.89. The van der Waals surface area contributed by atoms with Crippen LogP contribution >= 0.6 is 15.9 Å². The highest BCUT2D eigenvalue weighted by molar-refractivity contribution is 9.10. The van der Waals surface area contributed by atoms with Gasteiger partial charge in [-0.3, -0.25) is 9.79 Å². The number of pyridine rings is 1. The fourth-order valence-electron chi connectivity index (χ4n) is 2.18. The molecule has 2 heterocycles. The molecule has 2 N–H and O–H groups in total. The summed E-state index contributed by atoms with van der Waals surface area (Å²) in [5, 5.41) is 11.8. The molecule has 106 valence electrons. The van der Waals surface area contributed by atoms with Crippen molar-refractivity contribution in [2.75, 3.05) is 5.32 Å². The molecule has 0 bridgehead atoms. The lowest BCUT2D eigenvalue weighted by Gasteiger charge is -2.02. The average Bonchev–Trinajstić information content (AvgIpc) is 2.80. The summed E-state index contributed by atoms with van der Waals surface area (Å²) in [6, 6.07) is 9.10. The largest absolute Gasteiger partial charge is 0.392 e. The van der Waals surface area contributed by atoms with Gasteiger partial charge < -0.3 is 10.4 Å². The van der Waals surface area contributed by atoms with E-state index in [0.717, 1.165) is 15.6 Å². The Hall–Kier alpha value is -2.05. The number of benzene rings is 1. The summed E-state index contributed by atoms with van der Waals surface area (Å²) in [5.74, 6) is -0.0239. The molecule has 1 aliphatic heterocycles. The van der Waals surface area contributed by atoms with Crippen molar-refractivity contribution in [2.45, 2.75) is 12.5 Å². The topological polar surface area (TPSA) is 74.6 Å². The van der Waals surface area contributed by atoms with Gasteiger partial charge in [0, 0.05) is 22.4 Å². The van der Waals surface area contributed by atoms with E-state index in [2.05, 4.69) is 31.2 Å². The molecule has 0 aliphatic carbocycles. The minimum absolute atomic E-state index is 0.0347. The lowest BCUT2D eigenvalue weighted by atomic mass is 10.0. The van der Waals surface area contributed by atoms with Gasteiger partial charge in [0.05, 0.1) is 12.3 Å². The van der Waals surface area contributed by atoms with Crippen LogP contribution in [0.15, 0.2) is 46.0 Å². The molecule has 0 saturated carbocycles. The minimum Gasteiger partial charge on any atom is -0.392 e. The third-order valence-electron chi connectivity index (χ3n) is 3.21. The number of amides is 1. The van der Waals surface area contributed by atoms with E-state index in [0.29, 0.717) is 11.5 Å². The van der Waals surface area contributed by atoms with Crippen molar-refractivity contribution in [1.82, 2.24) is 4.98 Å². The van der Waals surface area contributed by atoms with Crippen LogP contribution in [0.1, 0.15) is 17.0 Å². The molecule has 5 nitrogen and oxygen atoms in total. The number of aliphatic hydroxyl groups excluding tert-OH is 1. The summed E-state index contributed by atoms with van der Waals surface area (Å²) >= 11 is 3.35. The van der Waals surface area contributed by atoms with E-state index in [1.54, 1.807) is 18.5 Å². The van der Waals surface area contributed by atoms with Gasteiger partial charge in [-0.2, -0.15) is 0 Å². The predicted octanol–water partition coefficient (Wildman–Crippen LogP) is 2.77. The quantitative estimate of drug-likeness (QED) is 0.840. The molecule has 1 aromatic heterocycles. The number of carbonyl (C=O) groups is 1. The first-order valence-corrected chi connectivity index (χ1v) is 7.17. The number of hydrogen-bond acceptors (Lipinski definition) is 4. The van der Waals surface area contributed by atoms with Crippen LogP contribution in [0, 0.1) is 0 Å². The summed E-state index contributed by atoms with van der Waals surface area (Å²) in [7, 11) is 0. The molecule has 0 fully saturated rings. The van der Waals surface area contributed by atoms with Crippen LogP contribution in [-0.4, -0.2) is 22.2 Å². The Morgan fingerprint density at radius 2 is 2.29 bits per heavy atom. The van der Waals surface area contributed by atoms with Gasteiger partial charge in [0.1, 0.15) is 11.7 Å². The third kappa shape index (κ3) is 2.86. The van der Waals surface area contributed by atoms with Gasteiger partial charge in [0.15, 0.2) is 0 Å². The van der Waals surface area contributed by atoms with Crippen LogP contribution in [0.2, 0.25) is 0 Å². The molecule has 1 aromatic carbocycles. The summed E-state index contributed by atoms with van der Waals surface area (Å²) in [5.41, 5.74) is 2.28. The number of rotatable bonds is 3. The van der Waals surface area contributed by atoms with E-state index in [-0.39, 0.29) is 12.5 Å². The molecule has 0 spiro atoms. The normalized spacial score (nSPS) is 17.0. The van der Waals surface area contributed by atoms with Crippen molar-refractivity contribution in [3.05, 3.63) is 52.1 Å². The molecule has 1 amide bonds. The fourth-order valence-corrected chi connectivity index (χ4v) is 2.52. The first kappa shape index (κ1) is 13.9. The molecule has 0 radical (unpaired) electrons. The summed E-state index contributed by atoms with van der Waals surface area (Å²) < 4.78 is 0.818. The Bertz CT molecular complexity index is 731. The number of nitrogens with one attached hydrogen (secondary N) is 1. The molecule has 3 rings (SSSR count). The number of aromatic nitrogens is 1. The lowest BCUT2D eigenvalue weighted by Crippen LogP contribution is -2.12. The fraction of sp³-hybridized carbons (Fsp3) is 0.133. The van der Waals surface area contributed by atoms with Gasteiger partial charge in [-0.25, -0.2) is 4.98 Å². The average molecular weight is 346 g/mol. The molecule has 1 unspecified atom stereocenters. The maximum absolute atomic E-state index is 12.0. The van der Waals surface area contributed by atoms with E-state index in [1.807, 2.05) is 24.3 Å². The van der Waals surface area contributed by atoms with Gasteiger partial charge in [-0.05, 0) is 39.7 Å². The molecular formula is C15H12BrN3O2. The zero-order valence-electron chi connectivity index (χ0n) is 11.0. The van der Waals surface area contributed by atoms with Crippen molar-refractivity contribution < 1.29 is 9.90 Å². The van der Waals surface area contributed by atoms with Crippen LogP contribution in [-0.2, 0) is 11.4 Å². The van der Waals surface area contributed by atoms with Crippen molar-refractivity contribution >= 4 is 39.6 Å². The van der Waals surface area contributed by atoms with Crippen molar-refractivity contribution in [3.8, 4) is 0 Å². The third-order valence-corrected chi connectivity index (χ3v) is 3.64. The molecule has 0 saturated heterocycles. The second kappa shape index (κ2) is 5.75. The number of nitrogens with zero attached hydrogens (tertiary/aromatic N) is 2. The van der Waals surface area contributed by atoms with Gasteiger partial charge >= 0.3 is 0 Å². The number of aliphatic hydroxyl groups is 1. The number of halogens is 1. The van der Waals surface area contributed by atoms with Crippen LogP contribution in [0.25, 0.3) is 0 Å². The van der Waals surface area contributed by atoms with E-state index in [1.165, 1.54) is 0 Å². The van der Waals surface area contributed by atoms with Gasteiger partial charge in [-0.1, -0.05) is 12.1 Å². The molecule has 2 aromatic rings. The zero-order chi connectivity index (χ0) is 14.8. The Kier molecular flexibility index (Phi) is 3.81. The Morgan fingerprint density at radius 3 is 3.10 bits per heavy atom. The standard InChI is InChI=1S/C15H12BrN3O2/c16-10-5-12-13(15(21)19-14(12)18-6-10)7-17-11-3-1-2-9(4-11)8-20/h1-7,13,20H,8H2,(H,18,19,21). The van der Waals surface area contributed by atoms with E-state index < -0.39 is 5.92 Å². The molecule has 1 atom stereocenters. The zero-order valence-corrected chi connectivity index (χ0v) is 12.5. The Labute approximate surface area is 129 Å². The first-order chi connectivity index (χ1) is 10.2. The smallest absolute Gasteiger partial charge is 0.238 e. The summed E-state index contributed by atoms with van der Waals surface area (Å²) in [6.45, 7) is -0.0347. The summed E-state index contributed by atoms with van der Waals surface area (Å²) in [6.07, 6.45) is 3.25. The SMILES string of the molecule is O=C1Nc2ncc(Br)cc2C1C=Nc1cccc(CO)c1. The maximum Gasteiger partial charge on any atom is 0.238 e. The van der Waals surface area contributed by atoms with Gasteiger partial charge in [-0.15, -0.1) is 0 Å². The number of aliphatic imine (C=N–C) groups is 1. The highest BCUT2D eigenvalue weighted by Crippen LogP contribution is 2.32. The molecule has 6 heteroatoms. The molecule has 1 aliphatic rings. The van der Waals surface area contributed by atoms with E-state index >= 15 is 0 Å².